The molecular weight excluding hydrogens is 356 g/mol. The molecule has 0 bridgehead atoms. The minimum absolute atomic E-state index is 0. The molecule has 0 saturated carbocycles. The van der Waals surface area contributed by atoms with E-state index in [2.05, 4.69) is 5.32 Å². The first-order chi connectivity index (χ1) is 10.7. The SMILES string of the molecule is Cl.Cl.O=C(CC1CNCCO1)N1CCN(c2ccccc2F)CC1. The number of nitrogens with zero attached hydrogens (tertiary/aromatic N) is 2. The fourth-order valence-corrected chi connectivity index (χ4v) is 2.98. The van der Waals surface area contributed by atoms with Crippen molar-refractivity contribution in [1.82, 2.24) is 10.2 Å². The Morgan fingerprint density at radius 1 is 1.21 bits per heavy atom. The lowest BCUT2D eigenvalue weighted by Crippen LogP contribution is -2.50. The molecule has 1 atom stereocenters. The molecule has 2 heterocycles. The first-order valence-corrected chi connectivity index (χ1v) is 7.83. The second-order valence-electron chi connectivity index (χ2n) is 5.72. The van der Waals surface area contributed by atoms with Crippen molar-refractivity contribution in [3.05, 3.63) is 30.1 Å². The number of carbonyl (C=O) groups excluding carboxylic acids is 1. The topological polar surface area (TPSA) is 44.8 Å². The van der Waals surface area contributed by atoms with Crippen LogP contribution in [0.3, 0.4) is 0 Å². The normalized spacial score (nSPS) is 20.8. The summed E-state index contributed by atoms with van der Waals surface area (Å²) < 4.78 is 19.4. The molecule has 2 saturated heterocycles. The summed E-state index contributed by atoms with van der Waals surface area (Å²) in [6, 6.07) is 6.79. The zero-order chi connectivity index (χ0) is 15.4. The summed E-state index contributed by atoms with van der Waals surface area (Å²) in [6.07, 6.45) is 0.401. The van der Waals surface area contributed by atoms with Crippen LogP contribution < -0.4 is 10.2 Å². The number of nitrogens with one attached hydrogen (secondary N) is 1. The number of amides is 1. The number of hydrogen-bond acceptors (Lipinski definition) is 4. The first-order valence-electron chi connectivity index (χ1n) is 7.83. The van der Waals surface area contributed by atoms with E-state index in [0.29, 0.717) is 44.9 Å². The third-order valence-corrected chi connectivity index (χ3v) is 4.23. The molecule has 0 aliphatic carbocycles. The highest BCUT2D eigenvalue weighted by Crippen LogP contribution is 2.20. The molecule has 0 spiro atoms. The molecule has 0 radical (unpaired) electrons. The van der Waals surface area contributed by atoms with Gasteiger partial charge < -0.3 is 19.9 Å². The Kier molecular flexibility index (Phi) is 8.76. The van der Waals surface area contributed by atoms with E-state index in [1.54, 1.807) is 12.1 Å². The maximum Gasteiger partial charge on any atom is 0.225 e. The standard InChI is InChI=1S/C16H22FN3O2.2ClH/c17-14-3-1-2-4-15(14)19-6-8-20(9-7-19)16(21)11-13-12-18-5-10-22-13;;/h1-4,13,18H,5-12H2;2*1H. The largest absolute Gasteiger partial charge is 0.375 e. The summed E-state index contributed by atoms with van der Waals surface area (Å²) >= 11 is 0. The number of para-hydroxylation sites is 1. The Morgan fingerprint density at radius 2 is 1.92 bits per heavy atom. The highest BCUT2D eigenvalue weighted by atomic mass is 35.5. The van der Waals surface area contributed by atoms with Crippen molar-refractivity contribution in [2.45, 2.75) is 12.5 Å². The number of benzene rings is 1. The predicted molar refractivity (Wildman–Crippen MR) is 96.9 cm³/mol. The number of morpholine rings is 1. The molecule has 2 fully saturated rings. The van der Waals surface area contributed by atoms with Crippen molar-refractivity contribution in [3.8, 4) is 0 Å². The fourth-order valence-electron chi connectivity index (χ4n) is 2.98. The van der Waals surface area contributed by atoms with E-state index in [0.717, 1.165) is 13.1 Å². The van der Waals surface area contributed by atoms with Gasteiger partial charge in [-0.1, -0.05) is 12.1 Å². The van der Waals surface area contributed by atoms with E-state index in [9.17, 15) is 9.18 Å². The van der Waals surface area contributed by atoms with Gasteiger partial charge in [-0.15, -0.1) is 24.8 Å². The van der Waals surface area contributed by atoms with Gasteiger partial charge in [0.1, 0.15) is 5.82 Å². The number of anilines is 1. The van der Waals surface area contributed by atoms with Crippen molar-refractivity contribution < 1.29 is 13.9 Å². The predicted octanol–water partition coefficient (Wildman–Crippen LogP) is 1.70. The average molecular weight is 380 g/mol. The molecule has 3 rings (SSSR count). The lowest BCUT2D eigenvalue weighted by Gasteiger charge is -2.37. The number of ether oxygens (including phenoxy) is 1. The van der Waals surface area contributed by atoms with Gasteiger partial charge in [0.05, 0.1) is 24.8 Å². The molecule has 2 aliphatic rings. The van der Waals surface area contributed by atoms with Crippen LogP contribution in [0, 0.1) is 5.82 Å². The van der Waals surface area contributed by atoms with Gasteiger partial charge in [-0.3, -0.25) is 4.79 Å². The van der Waals surface area contributed by atoms with Crippen LogP contribution >= 0.6 is 24.8 Å². The summed E-state index contributed by atoms with van der Waals surface area (Å²) in [5, 5.41) is 3.23. The monoisotopic (exact) mass is 379 g/mol. The van der Waals surface area contributed by atoms with Crippen LogP contribution in [0.25, 0.3) is 0 Å². The van der Waals surface area contributed by atoms with Crippen LogP contribution in [0.4, 0.5) is 10.1 Å². The molecule has 2 aliphatic heterocycles. The fraction of sp³-hybridized carbons (Fsp3) is 0.562. The van der Waals surface area contributed by atoms with E-state index >= 15 is 0 Å². The second-order valence-corrected chi connectivity index (χ2v) is 5.72. The molecule has 1 aromatic rings. The van der Waals surface area contributed by atoms with E-state index in [-0.39, 0.29) is 42.6 Å². The van der Waals surface area contributed by atoms with Crippen LogP contribution in [-0.2, 0) is 9.53 Å². The van der Waals surface area contributed by atoms with Crippen molar-refractivity contribution in [3.63, 3.8) is 0 Å². The molecule has 8 heteroatoms. The summed E-state index contributed by atoms with van der Waals surface area (Å²) in [6.45, 7) is 4.85. The molecule has 136 valence electrons. The Labute approximate surface area is 154 Å². The molecule has 1 N–H and O–H groups in total. The highest BCUT2D eigenvalue weighted by Gasteiger charge is 2.25. The smallest absolute Gasteiger partial charge is 0.225 e. The first kappa shape index (κ1) is 21.0. The summed E-state index contributed by atoms with van der Waals surface area (Å²) in [4.78, 5) is 16.2. The van der Waals surface area contributed by atoms with E-state index < -0.39 is 0 Å². The van der Waals surface area contributed by atoms with Crippen LogP contribution in [0.1, 0.15) is 6.42 Å². The number of carbonyl (C=O) groups is 1. The van der Waals surface area contributed by atoms with Gasteiger partial charge in [0.15, 0.2) is 0 Å². The maximum atomic E-state index is 13.8. The van der Waals surface area contributed by atoms with E-state index in [1.165, 1.54) is 6.07 Å². The van der Waals surface area contributed by atoms with Crippen LogP contribution in [0.2, 0.25) is 0 Å². The molecule has 0 aromatic heterocycles. The quantitative estimate of drug-likeness (QED) is 0.867. The van der Waals surface area contributed by atoms with Gasteiger partial charge in [-0.05, 0) is 12.1 Å². The van der Waals surface area contributed by atoms with Crippen molar-refractivity contribution in [2.75, 3.05) is 50.8 Å². The molecular formula is C16H24Cl2FN3O2. The van der Waals surface area contributed by atoms with Crippen molar-refractivity contribution in [1.29, 1.82) is 0 Å². The third kappa shape index (κ3) is 5.21. The summed E-state index contributed by atoms with van der Waals surface area (Å²) in [5.74, 6) is -0.0779. The molecule has 1 unspecified atom stereocenters. The number of piperazine rings is 1. The van der Waals surface area contributed by atoms with Gasteiger partial charge in [0.25, 0.3) is 0 Å². The minimum Gasteiger partial charge on any atom is -0.375 e. The van der Waals surface area contributed by atoms with Gasteiger partial charge >= 0.3 is 0 Å². The Bertz CT molecular complexity index is 522. The van der Waals surface area contributed by atoms with Crippen LogP contribution in [0.15, 0.2) is 24.3 Å². The van der Waals surface area contributed by atoms with Gasteiger partial charge in [0, 0.05) is 39.3 Å². The zero-order valence-electron chi connectivity index (χ0n) is 13.4. The third-order valence-electron chi connectivity index (χ3n) is 4.23. The van der Waals surface area contributed by atoms with Crippen LogP contribution in [-0.4, -0.2) is 62.8 Å². The minimum atomic E-state index is -0.205. The summed E-state index contributed by atoms with van der Waals surface area (Å²) in [5.41, 5.74) is 0.620. The maximum absolute atomic E-state index is 13.8. The Balaban J connectivity index is 0.00000144. The van der Waals surface area contributed by atoms with Crippen molar-refractivity contribution in [2.24, 2.45) is 0 Å². The Hall–Kier alpha value is -1.08. The van der Waals surface area contributed by atoms with Gasteiger partial charge in [-0.2, -0.15) is 0 Å². The summed E-state index contributed by atoms with van der Waals surface area (Å²) in [7, 11) is 0. The Morgan fingerprint density at radius 3 is 2.54 bits per heavy atom. The van der Waals surface area contributed by atoms with E-state index in [1.807, 2.05) is 15.9 Å². The number of halogens is 3. The number of rotatable bonds is 3. The molecule has 5 nitrogen and oxygen atoms in total. The van der Waals surface area contributed by atoms with Crippen LogP contribution in [0.5, 0.6) is 0 Å². The number of hydrogen-bond donors (Lipinski definition) is 1. The molecule has 1 amide bonds. The highest BCUT2D eigenvalue weighted by molar-refractivity contribution is 5.85. The van der Waals surface area contributed by atoms with Gasteiger partial charge in [0.2, 0.25) is 5.91 Å². The second kappa shape index (κ2) is 10.0. The lowest BCUT2D eigenvalue weighted by atomic mass is 10.2. The average Bonchev–Trinajstić information content (AvgIpc) is 2.56. The molecule has 24 heavy (non-hydrogen) atoms. The van der Waals surface area contributed by atoms with E-state index in [4.69, 9.17) is 4.74 Å². The van der Waals surface area contributed by atoms with Crippen molar-refractivity contribution >= 4 is 36.4 Å². The molecule has 1 aromatic carbocycles. The zero-order valence-corrected chi connectivity index (χ0v) is 15.1. The van der Waals surface area contributed by atoms with Gasteiger partial charge in [-0.25, -0.2) is 4.39 Å². The lowest BCUT2D eigenvalue weighted by molar-refractivity contribution is -0.135.